The molecule has 0 bridgehead atoms. The highest BCUT2D eigenvalue weighted by Crippen LogP contribution is 2.22. The molecular weight excluding hydrogens is 480 g/mol. The van der Waals surface area contributed by atoms with Gasteiger partial charge >= 0.3 is 6.09 Å². The summed E-state index contributed by atoms with van der Waals surface area (Å²) in [5.74, 6) is -0.280. The normalized spacial score (nSPS) is 12.3. The number of benzene rings is 2. The lowest BCUT2D eigenvalue weighted by atomic mass is 10.2. The number of aryl methyl sites for hydroxylation is 1. The number of carbonyl (C=O) groups is 3. The van der Waals surface area contributed by atoms with Gasteiger partial charge in [-0.05, 0) is 43.0 Å². The van der Waals surface area contributed by atoms with Crippen LogP contribution in [-0.4, -0.2) is 46.0 Å². The molecule has 4 rings (SSSR count). The molecule has 1 fully saturated rings. The highest BCUT2D eigenvalue weighted by atomic mass is 32.1. The van der Waals surface area contributed by atoms with E-state index < -0.39 is 0 Å². The highest BCUT2D eigenvalue weighted by molar-refractivity contribution is 7.17. The predicted octanol–water partition coefficient (Wildman–Crippen LogP) is 4.46. The Balaban J connectivity index is 0.000000212. The smallest absolute Gasteiger partial charge is 0.410 e. The molecule has 0 aliphatic carbocycles. The highest BCUT2D eigenvalue weighted by Gasteiger charge is 2.19. The molecule has 36 heavy (non-hydrogen) atoms. The number of thiazole rings is 1. The van der Waals surface area contributed by atoms with Crippen molar-refractivity contribution in [1.29, 1.82) is 0 Å². The first-order chi connectivity index (χ1) is 17.3. The molecule has 0 saturated carbocycles. The summed E-state index contributed by atoms with van der Waals surface area (Å²) >= 11 is 1.14. The van der Waals surface area contributed by atoms with Crippen LogP contribution in [0.3, 0.4) is 0 Å². The number of anilines is 1. The number of likely N-dealkylation sites (tertiary alicyclic amines) is 1. The van der Waals surface area contributed by atoms with Crippen LogP contribution in [0.1, 0.15) is 46.3 Å². The van der Waals surface area contributed by atoms with Crippen molar-refractivity contribution in [3.63, 3.8) is 0 Å². The van der Waals surface area contributed by atoms with Crippen molar-refractivity contribution in [2.75, 3.05) is 18.4 Å². The largest absolute Gasteiger partial charge is 0.508 e. The van der Waals surface area contributed by atoms with Crippen LogP contribution in [0.25, 0.3) is 0 Å². The molecule has 1 aliphatic rings. The van der Waals surface area contributed by atoms with Gasteiger partial charge in [-0.15, -0.1) is 0 Å². The summed E-state index contributed by atoms with van der Waals surface area (Å²) in [6, 6.07) is 16.3. The number of nitrogens with one attached hydrogen (secondary N) is 2. The minimum absolute atomic E-state index is 0.184. The molecule has 0 unspecified atom stereocenters. The van der Waals surface area contributed by atoms with E-state index in [1.807, 2.05) is 30.3 Å². The number of ether oxygens (including phenoxy) is 1. The summed E-state index contributed by atoms with van der Waals surface area (Å²) in [6.45, 7) is 5.52. The molecule has 0 atom stereocenters. The molecule has 3 aromatic rings. The topological polar surface area (TPSA) is 121 Å². The summed E-state index contributed by atoms with van der Waals surface area (Å²) < 4.78 is 5.20. The van der Waals surface area contributed by atoms with Crippen LogP contribution in [0, 0.1) is 6.92 Å². The summed E-state index contributed by atoms with van der Waals surface area (Å²) in [6.07, 6.45) is 2.01. The fraction of sp³-hybridized carbons (Fsp3) is 0.308. The van der Waals surface area contributed by atoms with Crippen molar-refractivity contribution in [1.82, 2.24) is 15.2 Å². The van der Waals surface area contributed by atoms with Gasteiger partial charge < -0.3 is 25.4 Å². The standard InChI is InChI=1S/C14H15N3O3S.C12H15NO2/c1-8-12(21-14(16-8)17-9(2)18)13(20)15-7-10-3-5-11(19)6-4-10;14-12(13-8-4-5-9-13)15-10-11-6-2-1-3-7-11/h3-6,19H,7H2,1-2H3,(H,15,20)(H,16,17,18);1-3,6-7H,4-5,8-10H2. The molecule has 0 radical (unpaired) electrons. The average molecular weight is 511 g/mol. The molecule has 1 aromatic heterocycles. The number of aromatic nitrogens is 1. The molecule has 2 aromatic carbocycles. The SMILES string of the molecule is CC(=O)Nc1nc(C)c(C(=O)NCc2ccc(O)cc2)s1.O=C(OCc1ccccc1)N1CCCC1. The number of rotatable bonds is 6. The Hall–Kier alpha value is -3.92. The third-order valence-electron chi connectivity index (χ3n) is 5.24. The molecule has 2 heterocycles. The zero-order valence-corrected chi connectivity index (χ0v) is 21.1. The van der Waals surface area contributed by atoms with Gasteiger partial charge in [-0.2, -0.15) is 0 Å². The van der Waals surface area contributed by atoms with Gasteiger partial charge in [-0.1, -0.05) is 53.8 Å². The minimum atomic E-state index is -0.241. The van der Waals surface area contributed by atoms with Crippen LogP contribution in [-0.2, 0) is 22.7 Å². The Bertz CT molecular complexity index is 1160. The third-order valence-corrected chi connectivity index (χ3v) is 6.32. The van der Waals surface area contributed by atoms with Gasteiger partial charge in [0.15, 0.2) is 5.13 Å². The molecule has 3 N–H and O–H groups in total. The molecule has 190 valence electrons. The third kappa shape index (κ3) is 8.38. The maximum Gasteiger partial charge on any atom is 0.410 e. The number of amides is 3. The van der Waals surface area contributed by atoms with Gasteiger partial charge in [-0.3, -0.25) is 9.59 Å². The van der Waals surface area contributed by atoms with Gasteiger partial charge in [0.1, 0.15) is 17.2 Å². The Morgan fingerprint density at radius 1 is 1.03 bits per heavy atom. The fourth-order valence-electron chi connectivity index (χ4n) is 3.40. The monoisotopic (exact) mass is 510 g/mol. The van der Waals surface area contributed by atoms with E-state index in [0.717, 1.165) is 48.4 Å². The summed E-state index contributed by atoms with van der Waals surface area (Å²) in [5, 5.41) is 14.9. The van der Waals surface area contributed by atoms with E-state index in [-0.39, 0.29) is 23.7 Å². The Labute approximate surface area is 214 Å². The predicted molar refractivity (Wildman–Crippen MR) is 138 cm³/mol. The number of phenols is 1. The quantitative estimate of drug-likeness (QED) is 0.450. The molecule has 3 amide bonds. The Morgan fingerprint density at radius 3 is 2.33 bits per heavy atom. The van der Waals surface area contributed by atoms with E-state index in [0.29, 0.717) is 28.9 Å². The van der Waals surface area contributed by atoms with Crippen molar-refractivity contribution in [2.24, 2.45) is 0 Å². The lowest BCUT2D eigenvalue weighted by molar-refractivity contribution is -0.114. The zero-order valence-electron chi connectivity index (χ0n) is 20.3. The summed E-state index contributed by atoms with van der Waals surface area (Å²) in [5.41, 5.74) is 2.49. The Morgan fingerprint density at radius 2 is 1.69 bits per heavy atom. The van der Waals surface area contributed by atoms with Crippen molar-refractivity contribution in [3.8, 4) is 5.75 Å². The second-order valence-corrected chi connectivity index (χ2v) is 9.20. The first kappa shape index (κ1) is 26.7. The van der Waals surface area contributed by atoms with Crippen molar-refractivity contribution >= 4 is 34.4 Å². The van der Waals surface area contributed by atoms with Crippen molar-refractivity contribution < 1.29 is 24.2 Å². The number of hydrogen-bond donors (Lipinski definition) is 3. The first-order valence-corrected chi connectivity index (χ1v) is 12.4. The van der Waals surface area contributed by atoms with Gasteiger partial charge in [0, 0.05) is 26.6 Å². The van der Waals surface area contributed by atoms with Gasteiger partial charge in [-0.25, -0.2) is 9.78 Å². The molecule has 1 aliphatic heterocycles. The fourth-order valence-corrected chi connectivity index (χ4v) is 4.33. The van der Waals surface area contributed by atoms with Crippen LogP contribution in [0.2, 0.25) is 0 Å². The number of carbonyl (C=O) groups excluding carboxylic acids is 3. The van der Waals surface area contributed by atoms with Crippen LogP contribution < -0.4 is 10.6 Å². The van der Waals surface area contributed by atoms with Crippen molar-refractivity contribution in [3.05, 3.63) is 76.3 Å². The van der Waals surface area contributed by atoms with Crippen LogP contribution in [0.15, 0.2) is 54.6 Å². The second kappa shape index (κ2) is 13.2. The zero-order chi connectivity index (χ0) is 25.9. The molecule has 10 heteroatoms. The van der Waals surface area contributed by atoms with E-state index >= 15 is 0 Å². The number of aromatic hydroxyl groups is 1. The van der Waals surface area contributed by atoms with Crippen LogP contribution in [0.4, 0.5) is 9.93 Å². The van der Waals surface area contributed by atoms with E-state index in [4.69, 9.17) is 4.74 Å². The summed E-state index contributed by atoms with van der Waals surface area (Å²) in [7, 11) is 0. The minimum Gasteiger partial charge on any atom is -0.508 e. The molecule has 1 saturated heterocycles. The molecular formula is C26H30N4O5S. The lowest BCUT2D eigenvalue weighted by Gasteiger charge is -2.14. The average Bonchev–Trinajstić information content (AvgIpc) is 3.53. The Kier molecular flexibility index (Phi) is 9.82. The number of hydrogen-bond acceptors (Lipinski definition) is 7. The van der Waals surface area contributed by atoms with Crippen LogP contribution >= 0.6 is 11.3 Å². The van der Waals surface area contributed by atoms with Crippen LogP contribution in [0.5, 0.6) is 5.75 Å². The van der Waals surface area contributed by atoms with E-state index in [2.05, 4.69) is 15.6 Å². The summed E-state index contributed by atoms with van der Waals surface area (Å²) in [4.78, 5) is 41.0. The van der Waals surface area contributed by atoms with E-state index in [1.54, 1.807) is 36.1 Å². The van der Waals surface area contributed by atoms with Gasteiger partial charge in [0.2, 0.25) is 5.91 Å². The second-order valence-electron chi connectivity index (χ2n) is 8.20. The van der Waals surface area contributed by atoms with E-state index in [1.165, 1.54) is 6.92 Å². The first-order valence-electron chi connectivity index (χ1n) is 11.6. The number of phenolic OH excluding ortho intramolecular Hbond substituents is 1. The molecule has 9 nitrogen and oxygen atoms in total. The lowest BCUT2D eigenvalue weighted by Crippen LogP contribution is -2.28. The maximum atomic E-state index is 12.1. The van der Waals surface area contributed by atoms with Gasteiger partial charge in [0.05, 0.1) is 5.69 Å². The van der Waals surface area contributed by atoms with Crippen molar-refractivity contribution in [2.45, 2.75) is 39.8 Å². The molecule has 0 spiro atoms. The van der Waals surface area contributed by atoms with Gasteiger partial charge in [0.25, 0.3) is 5.91 Å². The van der Waals surface area contributed by atoms with E-state index in [9.17, 15) is 19.5 Å². The number of nitrogens with zero attached hydrogens (tertiary/aromatic N) is 2. The maximum absolute atomic E-state index is 12.1.